The molecule has 2 heterocycles. The lowest BCUT2D eigenvalue weighted by molar-refractivity contribution is 0.394. The first-order valence-corrected chi connectivity index (χ1v) is 9.76. The minimum atomic E-state index is -0.127. The Hall–Kier alpha value is -3.61. The molecule has 4 aromatic rings. The Morgan fingerprint density at radius 2 is 1.90 bits per heavy atom. The molecule has 154 valence electrons. The van der Waals surface area contributed by atoms with Crippen molar-refractivity contribution in [3.8, 4) is 34.3 Å². The molecule has 30 heavy (non-hydrogen) atoms. The van der Waals surface area contributed by atoms with E-state index in [1.54, 1.807) is 38.6 Å². The summed E-state index contributed by atoms with van der Waals surface area (Å²) in [6.07, 6.45) is 2.73. The van der Waals surface area contributed by atoms with Crippen LogP contribution >= 0.6 is 0 Å². The predicted molar refractivity (Wildman–Crippen MR) is 115 cm³/mol. The number of ether oxygens (including phenoxy) is 2. The minimum Gasteiger partial charge on any atom is -0.497 e. The number of hydrogen-bond donors (Lipinski definition) is 0. The Morgan fingerprint density at radius 1 is 1.07 bits per heavy atom. The first-order valence-electron chi connectivity index (χ1n) is 9.76. The van der Waals surface area contributed by atoms with Crippen molar-refractivity contribution >= 4 is 10.9 Å². The molecule has 7 nitrogen and oxygen atoms in total. The zero-order valence-corrected chi connectivity index (χ0v) is 17.4. The number of nitrogens with zero attached hydrogens (tertiary/aromatic N) is 3. The molecule has 0 atom stereocenters. The molecule has 0 unspecified atom stereocenters. The third-order valence-electron chi connectivity index (χ3n) is 5.01. The van der Waals surface area contributed by atoms with Crippen LogP contribution < -0.4 is 14.9 Å². The van der Waals surface area contributed by atoms with Crippen molar-refractivity contribution < 1.29 is 14.0 Å². The number of hydrogen-bond acceptors (Lipinski definition) is 6. The van der Waals surface area contributed by atoms with E-state index in [0.29, 0.717) is 33.8 Å². The quantitative estimate of drug-likeness (QED) is 0.471. The summed E-state index contributed by atoms with van der Waals surface area (Å²) in [6, 6.07) is 11.2. The Labute approximate surface area is 173 Å². The molecule has 0 aliphatic carbocycles. The van der Waals surface area contributed by atoms with Gasteiger partial charge >= 0.3 is 0 Å². The summed E-state index contributed by atoms with van der Waals surface area (Å²) < 4.78 is 18.2. The Bertz CT molecular complexity index is 1270. The monoisotopic (exact) mass is 405 g/mol. The molecule has 0 saturated carbocycles. The second-order valence-corrected chi connectivity index (χ2v) is 7.08. The van der Waals surface area contributed by atoms with Gasteiger partial charge in [0.25, 0.3) is 5.89 Å². The van der Waals surface area contributed by atoms with E-state index in [4.69, 9.17) is 14.0 Å². The molecular formula is C23H23N3O4. The number of aromatic nitrogens is 3. The summed E-state index contributed by atoms with van der Waals surface area (Å²) in [6.45, 7) is 4.84. The van der Waals surface area contributed by atoms with E-state index in [2.05, 4.69) is 21.6 Å². The highest BCUT2D eigenvalue weighted by atomic mass is 16.5. The van der Waals surface area contributed by atoms with Crippen LogP contribution in [0.1, 0.15) is 18.9 Å². The van der Waals surface area contributed by atoms with Gasteiger partial charge in [0, 0.05) is 24.2 Å². The fourth-order valence-corrected chi connectivity index (χ4v) is 3.52. The van der Waals surface area contributed by atoms with Gasteiger partial charge in [-0.1, -0.05) is 23.7 Å². The van der Waals surface area contributed by atoms with Crippen LogP contribution in [0.2, 0.25) is 0 Å². The smallest absolute Gasteiger partial charge is 0.263 e. The zero-order chi connectivity index (χ0) is 21.3. The van der Waals surface area contributed by atoms with Crippen molar-refractivity contribution in [2.45, 2.75) is 26.8 Å². The average Bonchev–Trinajstić information content (AvgIpc) is 3.25. The highest BCUT2D eigenvalue weighted by molar-refractivity contribution is 5.83. The maximum Gasteiger partial charge on any atom is 0.263 e. The van der Waals surface area contributed by atoms with E-state index in [-0.39, 0.29) is 11.3 Å². The number of aryl methyl sites for hydroxylation is 2. The first kappa shape index (κ1) is 19.7. The molecule has 0 radical (unpaired) electrons. The maximum atomic E-state index is 13.2. The van der Waals surface area contributed by atoms with Gasteiger partial charge in [0.2, 0.25) is 11.3 Å². The van der Waals surface area contributed by atoms with Crippen molar-refractivity contribution in [3.63, 3.8) is 0 Å². The van der Waals surface area contributed by atoms with E-state index in [9.17, 15) is 4.79 Å². The van der Waals surface area contributed by atoms with Crippen LogP contribution in [0.3, 0.4) is 0 Å². The summed E-state index contributed by atoms with van der Waals surface area (Å²) in [5.74, 6) is 1.74. The number of rotatable bonds is 6. The summed E-state index contributed by atoms with van der Waals surface area (Å²) in [7, 11) is 3.15. The highest BCUT2D eigenvalue weighted by Gasteiger charge is 2.19. The van der Waals surface area contributed by atoms with E-state index < -0.39 is 0 Å². The molecule has 2 aromatic heterocycles. The van der Waals surface area contributed by atoms with Crippen molar-refractivity contribution in [3.05, 3.63) is 58.4 Å². The highest BCUT2D eigenvalue weighted by Crippen LogP contribution is 2.32. The molecule has 0 aliphatic heterocycles. The van der Waals surface area contributed by atoms with Crippen LogP contribution in [0.25, 0.3) is 33.7 Å². The Kier molecular flexibility index (Phi) is 5.27. The SMILES string of the molecule is CCCn1cc(-c2nc(-c3ccc(OC)cc3OC)no2)c(=O)c2cc(C)ccc21. The lowest BCUT2D eigenvalue weighted by Crippen LogP contribution is -2.12. The molecule has 7 heteroatoms. The van der Waals surface area contributed by atoms with Crippen LogP contribution in [-0.4, -0.2) is 28.9 Å². The van der Waals surface area contributed by atoms with Gasteiger partial charge in [-0.25, -0.2) is 0 Å². The molecule has 2 aromatic carbocycles. The molecule has 0 amide bonds. The largest absolute Gasteiger partial charge is 0.497 e. The van der Waals surface area contributed by atoms with Crippen molar-refractivity contribution in [2.24, 2.45) is 0 Å². The van der Waals surface area contributed by atoms with Crippen molar-refractivity contribution in [1.82, 2.24) is 14.7 Å². The van der Waals surface area contributed by atoms with Crippen LogP contribution in [0.4, 0.5) is 0 Å². The van der Waals surface area contributed by atoms with E-state index in [0.717, 1.165) is 24.0 Å². The molecule has 0 fully saturated rings. The second kappa shape index (κ2) is 8.02. The van der Waals surface area contributed by atoms with Crippen LogP contribution in [0.15, 0.2) is 51.9 Å². The number of methoxy groups -OCH3 is 2. The van der Waals surface area contributed by atoms with Gasteiger partial charge in [-0.3, -0.25) is 4.79 Å². The first-order chi connectivity index (χ1) is 14.5. The van der Waals surface area contributed by atoms with Crippen LogP contribution in [-0.2, 0) is 6.54 Å². The van der Waals surface area contributed by atoms with E-state index in [1.807, 2.05) is 25.1 Å². The standard InChI is InChI=1S/C23H23N3O4/c1-5-10-26-13-18(21(27)17-11-14(2)6-9-19(17)26)23-24-22(25-30-23)16-8-7-15(28-3)12-20(16)29-4/h6-9,11-13H,5,10H2,1-4H3. The van der Waals surface area contributed by atoms with Gasteiger partial charge in [0.1, 0.15) is 17.1 Å². The predicted octanol–water partition coefficient (Wildman–Crippen LogP) is 4.45. The zero-order valence-electron chi connectivity index (χ0n) is 17.4. The summed E-state index contributed by atoms with van der Waals surface area (Å²) in [4.78, 5) is 17.7. The molecule has 0 N–H and O–H groups in total. The van der Waals surface area contributed by atoms with Gasteiger partial charge in [-0.05, 0) is 37.6 Å². The number of pyridine rings is 1. The van der Waals surface area contributed by atoms with Crippen LogP contribution in [0, 0.1) is 6.92 Å². The lowest BCUT2D eigenvalue weighted by Gasteiger charge is -2.11. The lowest BCUT2D eigenvalue weighted by atomic mass is 10.1. The number of fused-ring (bicyclic) bond motifs is 1. The third kappa shape index (κ3) is 3.43. The average molecular weight is 405 g/mol. The number of benzene rings is 2. The molecular weight excluding hydrogens is 382 g/mol. The van der Waals surface area contributed by atoms with Crippen LogP contribution in [0.5, 0.6) is 11.5 Å². The van der Waals surface area contributed by atoms with Gasteiger partial charge in [-0.15, -0.1) is 0 Å². The topological polar surface area (TPSA) is 79.4 Å². The van der Waals surface area contributed by atoms with Gasteiger partial charge < -0.3 is 18.6 Å². The Morgan fingerprint density at radius 3 is 2.63 bits per heavy atom. The summed E-state index contributed by atoms with van der Waals surface area (Å²) in [5.41, 5.74) is 2.83. The molecule has 0 saturated heterocycles. The van der Waals surface area contributed by atoms with E-state index in [1.165, 1.54) is 0 Å². The van der Waals surface area contributed by atoms with Crippen molar-refractivity contribution in [2.75, 3.05) is 14.2 Å². The molecule has 0 bridgehead atoms. The van der Waals surface area contributed by atoms with E-state index >= 15 is 0 Å². The third-order valence-corrected chi connectivity index (χ3v) is 5.01. The van der Waals surface area contributed by atoms with Gasteiger partial charge in [0.15, 0.2) is 0 Å². The van der Waals surface area contributed by atoms with Gasteiger partial charge in [-0.2, -0.15) is 4.98 Å². The summed E-state index contributed by atoms with van der Waals surface area (Å²) in [5, 5.41) is 4.73. The Balaban J connectivity index is 1.86. The maximum absolute atomic E-state index is 13.2. The fraction of sp³-hybridized carbons (Fsp3) is 0.261. The fourth-order valence-electron chi connectivity index (χ4n) is 3.52. The minimum absolute atomic E-state index is 0.127. The normalized spacial score (nSPS) is 11.1. The summed E-state index contributed by atoms with van der Waals surface area (Å²) >= 11 is 0. The van der Waals surface area contributed by atoms with Gasteiger partial charge in [0.05, 0.1) is 25.3 Å². The molecule has 0 spiro atoms. The second-order valence-electron chi connectivity index (χ2n) is 7.08. The molecule has 0 aliphatic rings. The molecule has 4 rings (SSSR count). The van der Waals surface area contributed by atoms with Crippen molar-refractivity contribution in [1.29, 1.82) is 0 Å².